The second-order valence-corrected chi connectivity index (χ2v) is 4.20. The highest BCUT2D eigenvalue weighted by Crippen LogP contribution is 2.20. The van der Waals surface area contributed by atoms with Crippen molar-refractivity contribution in [2.45, 2.75) is 6.61 Å². The van der Waals surface area contributed by atoms with Crippen LogP contribution in [0.3, 0.4) is 0 Å². The second-order valence-electron chi connectivity index (χ2n) is 4.20. The van der Waals surface area contributed by atoms with Crippen molar-refractivity contribution in [1.82, 2.24) is 9.97 Å². The van der Waals surface area contributed by atoms with Gasteiger partial charge in [0.05, 0.1) is 11.7 Å². The predicted octanol–water partition coefficient (Wildman–Crippen LogP) is 2.95. The van der Waals surface area contributed by atoms with Gasteiger partial charge in [-0.15, -0.1) is 0 Å². The highest BCUT2D eigenvalue weighted by Gasteiger charge is 2.05. The minimum atomic E-state index is 0.459. The van der Waals surface area contributed by atoms with Gasteiger partial charge in [0.2, 0.25) is 5.88 Å². The molecule has 0 radical (unpaired) electrons. The number of pyridine rings is 1. The van der Waals surface area contributed by atoms with Crippen LogP contribution in [0.4, 0.5) is 0 Å². The molecule has 0 saturated carbocycles. The summed E-state index contributed by atoms with van der Waals surface area (Å²) in [5.41, 5.74) is 2.52. The van der Waals surface area contributed by atoms with Crippen LogP contribution in [0.15, 0.2) is 48.8 Å². The number of aromatic amines is 1. The van der Waals surface area contributed by atoms with Gasteiger partial charge in [0, 0.05) is 23.2 Å². The number of H-pyrrole nitrogens is 1. The molecular formula is C15H12N2O2. The number of aldehydes is 1. The van der Waals surface area contributed by atoms with Gasteiger partial charge in [0.15, 0.2) is 6.29 Å². The Morgan fingerprint density at radius 1 is 1.26 bits per heavy atom. The van der Waals surface area contributed by atoms with Crippen molar-refractivity contribution >= 4 is 17.2 Å². The fourth-order valence-electron chi connectivity index (χ4n) is 1.93. The largest absolute Gasteiger partial charge is 0.473 e. The minimum Gasteiger partial charge on any atom is -0.473 e. The van der Waals surface area contributed by atoms with E-state index in [1.807, 2.05) is 30.3 Å². The van der Waals surface area contributed by atoms with Gasteiger partial charge in [0.1, 0.15) is 6.61 Å². The summed E-state index contributed by atoms with van der Waals surface area (Å²) in [4.78, 5) is 18.1. The normalized spacial score (nSPS) is 10.5. The smallest absolute Gasteiger partial charge is 0.214 e. The monoisotopic (exact) mass is 252 g/mol. The standard InChI is InChI=1S/C15H12N2O2/c18-9-12-7-16-14-8-17-15(6-13(12)14)19-10-11-4-2-1-3-5-11/h1-9,16H,10H2. The van der Waals surface area contributed by atoms with Gasteiger partial charge in [-0.25, -0.2) is 4.98 Å². The fraction of sp³-hybridized carbons (Fsp3) is 0.0667. The van der Waals surface area contributed by atoms with Crippen molar-refractivity contribution in [3.63, 3.8) is 0 Å². The van der Waals surface area contributed by atoms with Gasteiger partial charge < -0.3 is 9.72 Å². The van der Waals surface area contributed by atoms with Crippen molar-refractivity contribution in [1.29, 1.82) is 0 Å². The van der Waals surface area contributed by atoms with E-state index in [1.165, 1.54) is 0 Å². The Morgan fingerprint density at radius 3 is 2.89 bits per heavy atom. The van der Waals surface area contributed by atoms with Gasteiger partial charge in [-0.05, 0) is 5.56 Å². The summed E-state index contributed by atoms with van der Waals surface area (Å²) in [7, 11) is 0. The van der Waals surface area contributed by atoms with Crippen molar-refractivity contribution < 1.29 is 9.53 Å². The maximum atomic E-state index is 10.9. The third-order valence-electron chi connectivity index (χ3n) is 2.93. The molecule has 19 heavy (non-hydrogen) atoms. The molecule has 2 aromatic heterocycles. The maximum Gasteiger partial charge on any atom is 0.214 e. The first kappa shape index (κ1) is 11.5. The van der Waals surface area contributed by atoms with Crippen LogP contribution in [0.5, 0.6) is 5.88 Å². The number of hydrogen-bond acceptors (Lipinski definition) is 3. The molecule has 2 heterocycles. The van der Waals surface area contributed by atoms with E-state index in [4.69, 9.17) is 4.74 Å². The van der Waals surface area contributed by atoms with Crippen LogP contribution >= 0.6 is 0 Å². The molecule has 0 bridgehead atoms. The molecule has 0 fully saturated rings. The lowest BCUT2D eigenvalue weighted by Crippen LogP contribution is -1.96. The molecule has 0 spiro atoms. The molecule has 0 aliphatic carbocycles. The van der Waals surface area contributed by atoms with Crippen LogP contribution in [-0.2, 0) is 6.61 Å². The van der Waals surface area contributed by atoms with Gasteiger partial charge in [-0.1, -0.05) is 30.3 Å². The molecule has 0 amide bonds. The Morgan fingerprint density at radius 2 is 2.11 bits per heavy atom. The third kappa shape index (κ3) is 2.33. The quantitative estimate of drug-likeness (QED) is 0.726. The summed E-state index contributed by atoms with van der Waals surface area (Å²) in [6.07, 6.45) is 4.16. The lowest BCUT2D eigenvalue weighted by Gasteiger charge is -2.05. The van der Waals surface area contributed by atoms with Crippen molar-refractivity contribution in [2.24, 2.45) is 0 Å². The van der Waals surface area contributed by atoms with Crippen LogP contribution in [0.25, 0.3) is 10.9 Å². The van der Waals surface area contributed by atoms with Crippen LogP contribution in [0.1, 0.15) is 15.9 Å². The van der Waals surface area contributed by atoms with Gasteiger partial charge >= 0.3 is 0 Å². The Bertz CT molecular complexity index is 704. The molecular weight excluding hydrogens is 240 g/mol. The molecule has 0 aliphatic rings. The number of fused-ring (bicyclic) bond motifs is 1. The molecule has 1 aromatic carbocycles. The van der Waals surface area contributed by atoms with Crippen LogP contribution < -0.4 is 4.74 Å². The van der Waals surface area contributed by atoms with Crippen molar-refractivity contribution in [2.75, 3.05) is 0 Å². The van der Waals surface area contributed by atoms with Crippen LogP contribution in [-0.4, -0.2) is 16.3 Å². The number of ether oxygens (including phenoxy) is 1. The number of nitrogens with one attached hydrogen (secondary N) is 1. The first-order valence-corrected chi connectivity index (χ1v) is 5.96. The Labute approximate surface area is 110 Å². The summed E-state index contributed by atoms with van der Waals surface area (Å²) in [6.45, 7) is 0.459. The van der Waals surface area contributed by atoms with Crippen molar-refractivity contribution in [3.8, 4) is 5.88 Å². The highest BCUT2D eigenvalue weighted by molar-refractivity contribution is 5.97. The zero-order valence-corrected chi connectivity index (χ0v) is 10.2. The molecule has 3 rings (SSSR count). The first-order chi connectivity index (χ1) is 9.36. The third-order valence-corrected chi connectivity index (χ3v) is 2.93. The number of benzene rings is 1. The summed E-state index contributed by atoms with van der Waals surface area (Å²) in [5, 5.41) is 0.827. The van der Waals surface area contributed by atoms with E-state index in [0.717, 1.165) is 22.8 Å². The molecule has 1 N–H and O–H groups in total. The van der Waals surface area contributed by atoms with Crippen molar-refractivity contribution in [3.05, 3.63) is 59.9 Å². The minimum absolute atomic E-state index is 0.459. The summed E-state index contributed by atoms with van der Waals surface area (Å²) >= 11 is 0. The molecule has 4 nitrogen and oxygen atoms in total. The molecule has 0 atom stereocenters. The average molecular weight is 252 g/mol. The molecule has 0 saturated heterocycles. The topological polar surface area (TPSA) is 55.0 Å². The zero-order valence-electron chi connectivity index (χ0n) is 10.2. The van der Waals surface area contributed by atoms with E-state index in [0.29, 0.717) is 18.1 Å². The van der Waals surface area contributed by atoms with E-state index < -0.39 is 0 Å². The molecule has 3 aromatic rings. The van der Waals surface area contributed by atoms with E-state index in [9.17, 15) is 4.79 Å². The van der Waals surface area contributed by atoms with Gasteiger partial charge in [0.25, 0.3) is 0 Å². The zero-order chi connectivity index (χ0) is 13.1. The number of aromatic nitrogens is 2. The summed E-state index contributed by atoms with van der Waals surface area (Å²) < 4.78 is 5.63. The van der Waals surface area contributed by atoms with E-state index in [1.54, 1.807) is 18.5 Å². The first-order valence-electron chi connectivity index (χ1n) is 5.96. The number of carbonyl (C=O) groups excluding carboxylic acids is 1. The van der Waals surface area contributed by atoms with Crippen LogP contribution in [0, 0.1) is 0 Å². The summed E-state index contributed by atoms with van der Waals surface area (Å²) in [5.74, 6) is 0.513. The lowest BCUT2D eigenvalue weighted by molar-refractivity contribution is 0.112. The van der Waals surface area contributed by atoms with E-state index >= 15 is 0 Å². The Balaban J connectivity index is 1.83. The summed E-state index contributed by atoms with van der Waals surface area (Å²) in [6, 6.07) is 11.7. The molecule has 4 heteroatoms. The lowest BCUT2D eigenvalue weighted by atomic mass is 10.2. The fourth-order valence-corrected chi connectivity index (χ4v) is 1.93. The predicted molar refractivity (Wildman–Crippen MR) is 72.3 cm³/mol. The van der Waals surface area contributed by atoms with E-state index in [-0.39, 0.29) is 0 Å². The molecule has 94 valence electrons. The molecule has 0 unspecified atom stereocenters. The Hall–Kier alpha value is -2.62. The Kier molecular flexibility index (Phi) is 2.98. The molecule has 0 aliphatic heterocycles. The van der Waals surface area contributed by atoms with E-state index in [2.05, 4.69) is 9.97 Å². The number of nitrogens with zero attached hydrogens (tertiary/aromatic N) is 1. The number of rotatable bonds is 4. The number of hydrogen-bond donors (Lipinski definition) is 1. The maximum absolute atomic E-state index is 10.9. The van der Waals surface area contributed by atoms with Gasteiger partial charge in [-0.2, -0.15) is 0 Å². The van der Waals surface area contributed by atoms with Gasteiger partial charge in [-0.3, -0.25) is 4.79 Å². The average Bonchev–Trinajstić information content (AvgIpc) is 2.88. The second kappa shape index (κ2) is 4.94. The van der Waals surface area contributed by atoms with Crippen LogP contribution in [0.2, 0.25) is 0 Å². The number of carbonyl (C=O) groups is 1. The highest BCUT2D eigenvalue weighted by atomic mass is 16.5. The SMILES string of the molecule is O=Cc1c[nH]c2cnc(OCc3ccccc3)cc12.